The van der Waals surface area contributed by atoms with E-state index in [1.54, 1.807) is 12.1 Å². The summed E-state index contributed by atoms with van der Waals surface area (Å²) < 4.78 is 27.8. The molecule has 0 unspecified atom stereocenters. The average Bonchev–Trinajstić information content (AvgIpc) is 2.70. The highest BCUT2D eigenvalue weighted by atomic mass is 79.9. The van der Waals surface area contributed by atoms with Crippen LogP contribution in [-0.4, -0.2) is 31.9 Å². The minimum atomic E-state index is -3.47. The summed E-state index contributed by atoms with van der Waals surface area (Å²) in [5, 5.41) is 0. The van der Waals surface area contributed by atoms with Gasteiger partial charge in [0, 0.05) is 28.1 Å². The van der Waals surface area contributed by atoms with Crippen LogP contribution in [0.1, 0.15) is 12.0 Å². The highest BCUT2D eigenvalue weighted by molar-refractivity contribution is 9.11. The summed E-state index contributed by atoms with van der Waals surface area (Å²) in [6, 6.07) is 3.37. The number of benzene rings is 1. The first-order chi connectivity index (χ1) is 8.32. The van der Waals surface area contributed by atoms with Crippen molar-refractivity contribution in [2.24, 2.45) is 5.73 Å². The van der Waals surface area contributed by atoms with Crippen molar-refractivity contribution in [2.75, 3.05) is 13.1 Å². The summed E-state index contributed by atoms with van der Waals surface area (Å²) in [5.74, 6) is 0. The molecule has 8 heteroatoms. The summed E-state index contributed by atoms with van der Waals surface area (Å²) in [5.41, 5.74) is 6.75. The van der Waals surface area contributed by atoms with Gasteiger partial charge in [-0.15, -0.1) is 12.4 Å². The number of hydrogen-bond acceptors (Lipinski definition) is 3. The number of rotatable bonds is 2. The fourth-order valence-electron chi connectivity index (χ4n) is 1.94. The van der Waals surface area contributed by atoms with E-state index in [-0.39, 0.29) is 23.3 Å². The molecule has 2 rings (SSSR count). The first-order valence-corrected chi connectivity index (χ1v) is 8.56. The van der Waals surface area contributed by atoms with Crippen LogP contribution in [0.4, 0.5) is 0 Å². The molecule has 0 amide bonds. The standard InChI is InChI=1S/C11H14Br2N2O2S.ClH/c1-7-4-10(13)11(5-9(7)12)18(16,17)15-3-2-8(14)6-15;/h4-5,8H,2-3,6,14H2,1H3;1H/t8-;/m0./s1. The van der Waals surface area contributed by atoms with E-state index < -0.39 is 10.0 Å². The van der Waals surface area contributed by atoms with Gasteiger partial charge in [-0.25, -0.2) is 8.42 Å². The molecule has 1 aliphatic rings. The molecule has 0 spiro atoms. The van der Waals surface area contributed by atoms with E-state index in [0.29, 0.717) is 24.0 Å². The van der Waals surface area contributed by atoms with Crippen LogP contribution in [-0.2, 0) is 10.0 Å². The van der Waals surface area contributed by atoms with E-state index in [0.717, 1.165) is 10.0 Å². The molecular weight excluding hydrogens is 419 g/mol. The van der Waals surface area contributed by atoms with Gasteiger partial charge in [-0.1, -0.05) is 15.9 Å². The number of nitrogens with zero attached hydrogens (tertiary/aromatic N) is 1. The zero-order valence-electron chi connectivity index (χ0n) is 10.3. The molecular formula is C11H15Br2ClN2O2S. The van der Waals surface area contributed by atoms with Gasteiger partial charge < -0.3 is 5.73 Å². The third-order valence-corrected chi connectivity index (χ3v) is 6.70. The highest BCUT2D eigenvalue weighted by Crippen LogP contribution is 2.31. The van der Waals surface area contributed by atoms with E-state index >= 15 is 0 Å². The lowest BCUT2D eigenvalue weighted by atomic mass is 10.2. The van der Waals surface area contributed by atoms with Crippen molar-refractivity contribution >= 4 is 54.3 Å². The summed E-state index contributed by atoms with van der Waals surface area (Å²) in [6.07, 6.45) is 0.712. The second-order valence-electron chi connectivity index (χ2n) is 4.44. The van der Waals surface area contributed by atoms with Crippen molar-refractivity contribution in [3.05, 3.63) is 26.6 Å². The molecule has 1 saturated heterocycles. The Morgan fingerprint density at radius 3 is 2.47 bits per heavy atom. The molecule has 4 nitrogen and oxygen atoms in total. The summed E-state index contributed by atoms with van der Waals surface area (Å²) >= 11 is 6.69. The molecule has 0 aliphatic carbocycles. The third kappa shape index (κ3) is 3.51. The van der Waals surface area contributed by atoms with Crippen LogP contribution in [0.5, 0.6) is 0 Å². The van der Waals surface area contributed by atoms with Crippen molar-refractivity contribution in [1.29, 1.82) is 0 Å². The van der Waals surface area contributed by atoms with Crippen LogP contribution in [0.15, 0.2) is 26.0 Å². The van der Waals surface area contributed by atoms with Gasteiger partial charge in [-0.2, -0.15) is 4.31 Å². The number of hydrogen-bond donors (Lipinski definition) is 1. The smallest absolute Gasteiger partial charge is 0.244 e. The lowest BCUT2D eigenvalue weighted by Gasteiger charge is -2.17. The van der Waals surface area contributed by atoms with E-state index in [1.165, 1.54) is 4.31 Å². The third-order valence-electron chi connectivity index (χ3n) is 3.02. The average molecular weight is 435 g/mol. The molecule has 19 heavy (non-hydrogen) atoms. The molecule has 1 fully saturated rings. The van der Waals surface area contributed by atoms with Crippen LogP contribution < -0.4 is 5.73 Å². The number of aryl methyl sites for hydroxylation is 1. The van der Waals surface area contributed by atoms with Gasteiger partial charge in [-0.05, 0) is 47.0 Å². The first kappa shape index (κ1) is 17.4. The molecule has 1 aromatic rings. The van der Waals surface area contributed by atoms with E-state index in [2.05, 4.69) is 31.9 Å². The van der Waals surface area contributed by atoms with Gasteiger partial charge in [0.05, 0.1) is 4.90 Å². The number of sulfonamides is 1. The molecule has 1 aliphatic heterocycles. The van der Waals surface area contributed by atoms with Gasteiger partial charge in [0.15, 0.2) is 0 Å². The maximum Gasteiger partial charge on any atom is 0.244 e. The largest absolute Gasteiger partial charge is 0.326 e. The zero-order valence-corrected chi connectivity index (χ0v) is 15.1. The number of halogens is 3. The first-order valence-electron chi connectivity index (χ1n) is 5.53. The predicted molar refractivity (Wildman–Crippen MR) is 85.2 cm³/mol. The molecule has 1 heterocycles. The quantitative estimate of drug-likeness (QED) is 0.778. The summed E-state index contributed by atoms with van der Waals surface area (Å²) in [6.45, 7) is 2.79. The predicted octanol–water partition coefficient (Wildman–Crippen LogP) is 2.66. The van der Waals surface area contributed by atoms with Crippen molar-refractivity contribution in [2.45, 2.75) is 24.3 Å². The zero-order chi connectivity index (χ0) is 13.5. The molecule has 0 saturated carbocycles. The molecule has 2 N–H and O–H groups in total. The van der Waals surface area contributed by atoms with Crippen LogP contribution in [0.25, 0.3) is 0 Å². The molecule has 0 bridgehead atoms. The summed E-state index contributed by atoms with van der Waals surface area (Å²) in [4.78, 5) is 0.286. The Balaban J connectivity index is 0.00000180. The van der Waals surface area contributed by atoms with Gasteiger partial charge >= 0.3 is 0 Å². The second kappa shape index (κ2) is 6.41. The van der Waals surface area contributed by atoms with E-state index in [4.69, 9.17) is 5.73 Å². The Bertz CT molecular complexity index is 580. The Morgan fingerprint density at radius 1 is 1.32 bits per heavy atom. The fourth-order valence-corrected chi connectivity index (χ4v) is 5.09. The van der Waals surface area contributed by atoms with Gasteiger partial charge in [-0.3, -0.25) is 0 Å². The molecule has 1 aromatic carbocycles. The summed E-state index contributed by atoms with van der Waals surface area (Å²) in [7, 11) is -3.47. The van der Waals surface area contributed by atoms with E-state index in [9.17, 15) is 8.42 Å². The topological polar surface area (TPSA) is 63.4 Å². The molecule has 1 atom stereocenters. The Kier molecular flexibility index (Phi) is 5.86. The van der Waals surface area contributed by atoms with Gasteiger partial charge in [0.1, 0.15) is 0 Å². The van der Waals surface area contributed by atoms with Gasteiger partial charge in [0.2, 0.25) is 10.0 Å². The van der Waals surface area contributed by atoms with Crippen molar-refractivity contribution in [3.63, 3.8) is 0 Å². The van der Waals surface area contributed by atoms with E-state index in [1.807, 2.05) is 6.92 Å². The molecule has 0 radical (unpaired) electrons. The lowest BCUT2D eigenvalue weighted by Crippen LogP contribution is -2.32. The van der Waals surface area contributed by atoms with Crippen LogP contribution in [0, 0.1) is 6.92 Å². The molecule has 0 aromatic heterocycles. The normalized spacial score (nSPS) is 20.3. The van der Waals surface area contributed by atoms with Crippen molar-refractivity contribution in [3.8, 4) is 0 Å². The lowest BCUT2D eigenvalue weighted by molar-refractivity contribution is 0.472. The minimum Gasteiger partial charge on any atom is -0.326 e. The Labute approximate surface area is 136 Å². The van der Waals surface area contributed by atoms with Crippen molar-refractivity contribution in [1.82, 2.24) is 4.31 Å². The van der Waals surface area contributed by atoms with Crippen LogP contribution in [0.3, 0.4) is 0 Å². The maximum absolute atomic E-state index is 12.5. The minimum absolute atomic E-state index is 0. The highest BCUT2D eigenvalue weighted by Gasteiger charge is 2.32. The maximum atomic E-state index is 12.5. The molecule has 108 valence electrons. The number of nitrogens with two attached hydrogens (primary N) is 1. The van der Waals surface area contributed by atoms with Crippen LogP contribution >= 0.6 is 44.3 Å². The van der Waals surface area contributed by atoms with Gasteiger partial charge in [0.25, 0.3) is 0 Å². The second-order valence-corrected chi connectivity index (χ2v) is 8.06. The van der Waals surface area contributed by atoms with Crippen molar-refractivity contribution < 1.29 is 8.42 Å². The fraction of sp³-hybridized carbons (Fsp3) is 0.455. The monoisotopic (exact) mass is 432 g/mol. The Morgan fingerprint density at radius 2 is 1.95 bits per heavy atom. The Hall–Kier alpha value is 0.340. The SMILES string of the molecule is Cc1cc(Br)c(S(=O)(=O)N2CC[C@H](N)C2)cc1Br.Cl. The van der Waals surface area contributed by atoms with Crippen LogP contribution in [0.2, 0.25) is 0 Å².